The van der Waals surface area contributed by atoms with E-state index in [0.29, 0.717) is 6.42 Å². The van der Waals surface area contributed by atoms with E-state index in [1.54, 1.807) is 0 Å². The SMILES string of the molecule is CCCCCCCC(=O)OCl.[H-].[Na+]. The maximum atomic E-state index is 10.5. The van der Waals surface area contributed by atoms with Crippen molar-refractivity contribution in [1.29, 1.82) is 0 Å². The van der Waals surface area contributed by atoms with Crippen LogP contribution in [0.2, 0.25) is 0 Å². The Bertz CT molecular complexity index is 114. The van der Waals surface area contributed by atoms with E-state index in [2.05, 4.69) is 11.2 Å². The minimum absolute atomic E-state index is 0. The topological polar surface area (TPSA) is 26.3 Å². The quantitative estimate of drug-likeness (QED) is 0.453. The van der Waals surface area contributed by atoms with Crippen molar-refractivity contribution in [2.75, 3.05) is 0 Å². The van der Waals surface area contributed by atoms with Crippen molar-refractivity contribution in [3.63, 3.8) is 0 Å². The molecule has 0 amide bonds. The fraction of sp³-hybridized carbons (Fsp3) is 0.875. The molecule has 0 aromatic carbocycles. The van der Waals surface area contributed by atoms with Crippen LogP contribution in [0.5, 0.6) is 0 Å². The molecule has 0 aromatic rings. The fourth-order valence-corrected chi connectivity index (χ4v) is 0.989. The molecule has 0 spiro atoms. The van der Waals surface area contributed by atoms with Crippen LogP contribution in [0.1, 0.15) is 46.9 Å². The molecule has 0 aromatic heterocycles. The molecule has 0 atom stereocenters. The second-order valence-electron chi connectivity index (χ2n) is 2.61. The summed E-state index contributed by atoms with van der Waals surface area (Å²) in [5.74, 6) is -0.317. The molecule has 0 saturated heterocycles. The molecule has 0 heterocycles. The standard InChI is InChI=1S/C8H15ClO2.Na.H/c1-2-3-4-5-6-7-8(10)11-9;;/h2-7H2,1H3;;/q;+1;-1. The molecule has 4 heteroatoms. The first-order valence-corrected chi connectivity index (χ1v) is 4.43. The van der Waals surface area contributed by atoms with Crippen molar-refractivity contribution in [2.45, 2.75) is 45.4 Å². The molecule has 0 aliphatic heterocycles. The number of carbonyl (C=O) groups excluding carboxylic acids is 1. The summed E-state index contributed by atoms with van der Waals surface area (Å²) in [6.45, 7) is 2.16. The van der Waals surface area contributed by atoms with Crippen LogP contribution in [-0.2, 0) is 9.08 Å². The van der Waals surface area contributed by atoms with Crippen LogP contribution in [0.4, 0.5) is 0 Å². The molecule has 0 aliphatic carbocycles. The first kappa shape index (κ1) is 15.2. The summed E-state index contributed by atoms with van der Waals surface area (Å²) in [7, 11) is 0. The zero-order valence-electron chi connectivity index (χ0n) is 8.94. The Morgan fingerprint density at radius 2 is 1.92 bits per heavy atom. The van der Waals surface area contributed by atoms with Gasteiger partial charge in [0, 0.05) is 6.42 Å². The summed E-state index contributed by atoms with van der Waals surface area (Å²) >= 11 is 4.84. The van der Waals surface area contributed by atoms with E-state index < -0.39 is 0 Å². The van der Waals surface area contributed by atoms with Gasteiger partial charge in [0.05, 0.1) is 0 Å². The molecule has 0 radical (unpaired) electrons. The van der Waals surface area contributed by atoms with Crippen molar-refractivity contribution in [3.8, 4) is 0 Å². The molecule has 0 unspecified atom stereocenters. The molecule has 12 heavy (non-hydrogen) atoms. The Labute approximate surface area is 103 Å². The Morgan fingerprint density at radius 1 is 1.33 bits per heavy atom. The Balaban J connectivity index is -0.000000500. The number of hydrogen-bond acceptors (Lipinski definition) is 2. The fourth-order valence-electron chi connectivity index (χ4n) is 0.911. The average Bonchev–Trinajstić information content (AvgIpc) is 2.04. The largest absolute Gasteiger partial charge is 1.00 e. The zero-order chi connectivity index (χ0) is 8.53. The van der Waals surface area contributed by atoms with Gasteiger partial charge in [-0.05, 0) is 6.42 Å². The van der Waals surface area contributed by atoms with Crippen LogP contribution >= 0.6 is 11.9 Å². The van der Waals surface area contributed by atoms with Crippen LogP contribution in [0.25, 0.3) is 0 Å². The van der Waals surface area contributed by atoms with Crippen LogP contribution < -0.4 is 29.6 Å². The second kappa shape index (κ2) is 11.8. The van der Waals surface area contributed by atoms with Crippen LogP contribution in [0.15, 0.2) is 0 Å². The number of halogens is 1. The van der Waals surface area contributed by atoms with Gasteiger partial charge in [-0.1, -0.05) is 32.6 Å². The van der Waals surface area contributed by atoms with E-state index in [0.717, 1.165) is 12.8 Å². The smallest absolute Gasteiger partial charge is 1.00 e. The van der Waals surface area contributed by atoms with Crippen LogP contribution in [0, 0.1) is 0 Å². The van der Waals surface area contributed by atoms with Crippen molar-refractivity contribution in [1.82, 2.24) is 0 Å². The van der Waals surface area contributed by atoms with Crippen molar-refractivity contribution in [3.05, 3.63) is 0 Å². The van der Waals surface area contributed by atoms with E-state index in [1.165, 1.54) is 19.3 Å². The van der Waals surface area contributed by atoms with Gasteiger partial charge in [-0.2, -0.15) is 0 Å². The average molecular weight is 203 g/mol. The first-order valence-electron chi connectivity index (χ1n) is 4.12. The third-order valence-electron chi connectivity index (χ3n) is 1.57. The number of unbranched alkanes of at least 4 members (excludes halogenated alkanes) is 4. The van der Waals surface area contributed by atoms with Gasteiger partial charge in [-0.15, -0.1) is 0 Å². The summed E-state index contributed by atoms with van der Waals surface area (Å²) in [6, 6.07) is 0. The second-order valence-corrected chi connectivity index (χ2v) is 2.77. The van der Waals surface area contributed by atoms with Gasteiger partial charge in [0.15, 0.2) is 0 Å². The first-order chi connectivity index (χ1) is 5.31. The van der Waals surface area contributed by atoms with E-state index in [-0.39, 0.29) is 37.0 Å². The van der Waals surface area contributed by atoms with Gasteiger partial charge < -0.3 is 5.72 Å². The van der Waals surface area contributed by atoms with Gasteiger partial charge >= 0.3 is 35.5 Å². The minimum atomic E-state index is -0.317. The van der Waals surface area contributed by atoms with Crippen molar-refractivity contribution in [2.24, 2.45) is 0 Å². The Morgan fingerprint density at radius 3 is 2.42 bits per heavy atom. The molecule has 68 valence electrons. The molecular formula is C8H16ClNaO2. The Kier molecular flexibility index (Phi) is 14.9. The van der Waals surface area contributed by atoms with Crippen molar-refractivity contribution >= 4 is 17.8 Å². The van der Waals surface area contributed by atoms with Crippen molar-refractivity contribution < 1.29 is 40.1 Å². The third-order valence-corrected chi connectivity index (χ3v) is 1.74. The maximum absolute atomic E-state index is 10.5. The monoisotopic (exact) mass is 202 g/mol. The third kappa shape index (κ3) is 10.8. The molecule has 0 rings (SSSR count). The predicted molar refractivity (Wildman–Crippen MR) is 46.4 cm³/mol. The van der Waals surface area contributed by atoms with E-state index >= 15 is 0 Å². The predicted octanol–water partition coefficient (Wildman–Crippen LogP) is 0.160. The normalized spacial score (nSPS) is 8.83. The van der Waals surface area contributed by atoms with E-state index in [1.807, 2.05) is 0 Å². The summed E-state index contributed by atoms with van der Waals surface area (Å²) in [6.07, 6.45) is 6.11. The number of rotatable bonds is 6. The van der Waals surface area contributed by atoms with E-state index in [9.17, 15) is 4.79 Å². The zero-order valence-corrected chi connectivity index (χ0v) is 10.7. The molecular weight excluding hydrogens is 187 g/mol. The van der Waals surface area contributed by atoms with Crippen LogP contribution in [-0.4, -0.2) is 5.97 Å². The van der Waals surface area contributed by atoms with E-state index in [4.69, 9.17) is 11.9 Å². The summed E-state index contributed by atoms with van der Waals surface area (Å²) in [5.41, 5.74) is 0. The van der Waals surface area contributed by atoms with Crippen LogP contribution in [0.3, 0.4) is 0 Å². The van der Waals surface area contributed by atoms with Gasteiger partial charge in [-0.25, -0.2) is 0 Å². The minimum Gasteiger partial charge on any atom is -1.00 e. The van der Waals surface area contributed by atoms with Gasteiger partial charge in [0.2, 0.25) is 0 Å². The van der Waals surface area contributed by atoms with Gasteiger partial charge in [0.25, 0.3) is 0 Å². The van der Waals surface area contributed by atoms with Gasteiger partial charge in [0.1, 0.15) is 11.9 Å². The molecule has 0 aliphatic rings. The molecule has 0 bridgehead atoms. The molecule has 0 fully saturated rings. The molecule has 2 nitrogen and oxygen atoms in total. The molecule has 0 N–H and O–H groups in total. The number of carbonyl (C=O) groups is 1. The summed E-state index contributed by atoms with van der Waals surface area (Å²) in [5, 5.41) is 0. The number of hydrogen-bond donors (Lipinski definition) is 0. The van der Waals surface area contributed by atoms with Gasteiger partial charge in [-0.3, -0.25) is 4.79 Å². The molecule has 0 saturated carbocycles. The Hall–Kier alpha value is 0.760. The summed E-state index contributed by atoms with van der Waals surface area (Å²) in [4.78, 5) is 10.5. The maximum Gasteiger partial charge on any atom is 1.00 e. The summed E-state index contributed by atoms with van der Waals surface area (Å²) < 4.78 is 3.99.